The van der Waals surface area contributed by atoms with Crippen molar-refractivity contribution in [3.8, 4) is 23.0 Å². The van der Waals surface area contributed by atoms with Gasteiger partial charge in [-0.2, -0.15) is 0 Å². The van der Waals surface area contributed by atoms with E-state index in [9.17, 15) is 10.2 Å². The number of ether oxygens (including phenoxy) is 5. The van der Waals surface area contributed by atoms with Crippen molar-refractivity contribution in [3.05, 3.63) is 53.6 Å². The fourth-order valence-electron chi connectivity index (χ4n) is 2.78. The summed E-state index contributed by atoms with van der Waals surface area (Å²) in [6.45, 7) is 0.655. The Balaban J connectivity index is 2.25. The van der Waals surface area contributed by atoms with E-state index in [0.717, 1.165) is 5.56 Å². The standard InChI is InChI=1S/C22H28O7/c1-25-11-5-6-15-7-10-18(20(12-15)28-4)29-21(14-26-2)22(24)16-8-9-17(23)19(13-16)27-3/h5-10,12-13,21-24H,11,14H2,1-4H3/b6-5+/t21-,22?/m1/s1. The van der Waals surface area contributed by atoms with Crippen molar-refractivity contribution in [1.29, 1.82) is 0 Å². The second-order valence-corrected chi connectivity index (χ2v) is 6.26. The summed E-state index contributed by atoms with van der Waals surface area (Å²) in [5.41, 5.74) is 1.46. The first-order chi connectivity index (χ1) is 14.0. The van der Waals surface area contributed by atoms with E-state index in [4.69, 9.17) is 23.7 Å². The predicted octanol–water partition coefficient (Wildman–Crippen LogP) is 3.20. The van der Waals surface area contributed by atoms with Crippen molar-refractivity contribution < 1.29 is 33.9 Å². The average Bonchev–Trinajstić information content (AvgIpc) is 2.74. The Morgan fingerprint density at radius 1 is 0.897 bits per heavy atom. The van der Waals surface area contributed by atoms with Crippen LogP contribution in [0.15, 0.2) is 42.5 Å². The van der Waals surface area contributed by atoms with E-state index in [2.05, 4.69) is 0 Å². The number of methoxy groups -OCH3 is 4. The van der Waals surface area contributed by atoms with Crippen LogP contribution < -0.4 is 14.2 Å². The maximum atomic E-state index is 10.8. The summed E-state index contributed by atoms with van der Waals surface area (Å²) in [6, 6.07) is 10.1. The summed E-state index contributed by atoms with van der Waals surface area (Å²) in [5, 5.41) is 20.6. The van der Waals surface area contributed by atoms with E-state index in [-0.39, 0.29) is 18.1 Å². The quantitative estimate of drug-likeness (QED) is 0.595. The molecule has 2 atom stereocenters. The summed E-state index contributed by atoms with van der Waals surface area (Å²) in [7, 11) is 6.16. The molecule has 0 fully saturated rings. The van der Waals surface area contributed by atoms with Gasteiger partial charge in [-0.1, -0.05) is 24.3 Å². The Hall–Kier alpha value is -2.74. The average molecular weight is 404 g/mol. The summed E-state index contributed by atoms with van der Waals surface area (Å²) in [6.07, 6.45) is 2.08. The van der Waals surface area contributed by atoms with Crippen LogP contribution in [0.2, 0.25) is 0 Å². The Labute approximate surface area is 171 Å². The summed E-state index contributed by atoms with van der Waals surface area (Å²) in [4.78, 5) is 0. The molecule has 2 aromatic rings. The van der Waals surface area contributed by atoms with Gasteiger partial charge in [0.25, 0.3) is 0 Å². The topological polar surface area (TPSA) is 86.6 Å². The molecule has 158 valence electrons. The number of aromatic hydroxyl groups is 1. The molecule has 7 heteroatoms. The fraction of sp³-hybridized carbons (Fsp3) is 0.364. The normalized spacial score (nSPS) is 13.3. The molecule has 2 N–H and O–H groups in total. The smallest absolute Gasteiger partial charge is 0.161 e. The van der Waals surface area contributed by atoms with Crippen LogP contribution in [0.4, 0.5) is 0 Å². The highest BCUT2D eigenvalue weighted by molar-refractivity contribution is 5.56. The van der Waals surface area contributed by atoms with Crippen molar-refractivity contribution in [1.82, 2.24) is 0 Å². The first kappa shape index (κ1) is 22.5. The number of phenols is 1. The van der Waals surface area contributed by atoms with E-state index < -0.39 is 12.2 Å². The molecule has 2 rings (SSSR count). The number of aliphatic hydroxyl groups excluding tert-OH is 1. The van der Waals surface area contributed by atoms with Crippen molar-refractivity contribution in [2.24, 2.45) is 0 Å². The van der Waals surface area contributed by atoms with E-state index in [1.807, 2.05) is 24.3 Å². The van der Waals surface area contributed by atoms with Crippen molar-refractivity contribution >= 4 is 6.08 Å². The molecule has 0 amide bonds. The van der Waals surface area contributed by atoms with Crippen molar-refractivity contribution in [2.75, 3.05) is 41.7 Å². The van der Waals surface area contributed by atoms with Crippen LogP contribution in [0.5, 0.6) is 23.0 Å². The van der Waals surface area contributed by atoms with Gasteiger partial charge in [0, 0.05) is 14.2 Å². The molecule has 0 spiro atoms. The molecule has 1 unspecified atom stereocenters. The number of hydrogen-bond donors (Lipinski definition) is 2. The van der Waals surface area contributed by atoms with Crippen LogP contribution in [0, 0.1) is 0 Å². The minimum atomic E-state index is -1.02. The molecule has 2 aromatic carbocycles. The minimum Gasteiger partial charge on any atom is -0.504 e. The number of hydrogen-bond acceptors (Lipinski definition) is 7. The molecule has 0 heterocycles. The Kier molecular flexibility index (Phi) is 8.79. The number of phenolic OH excluding ortho intramolecular Hbond substituents is 1. The van der Waals surface area contributed by atoms with Gasteiger partial charge in [-0.3, -0.25) is 0 Å². The van der Waals surface area contributed by atoms with Gasteiger partial charge in [0.05, 0.1) is 27.4 Å². The zero-order valence-corrected chi connectivity index (χ0v) is 17.1. The SMILES string of the molecule is COC/C=C/c1ccc(O[C@H](COC)C(O)c2ccc(O)c(OC)c2)c(OC)c1. The third kappa shape index (κ3) is 6.12. The maximum absolute atomic E-state index is 10.8. The van der Waals surface area contributed by atoms with Crippen molar-refractivity contribution in [2.45, 2.75) is 12.2 Å². The predicted molar refractivity (Wildman–Crippen MR) is 110 cm³/mol. The van der Waals surface area contributed by atoms with Gasteiger partial charge in [-0.05, 0) is 35.4 Å². The molecule has 29 heavy (non-hydrogen) atoms. The summed E-state index contributed by atoms with van der Waals surface area (Å²) in [5.74, 6) is 1.26. The highest BCUT2D eigenvalue weighted by Crippen LogP contribution is 2.34. The first-order valence-electron chi connectivity index (χ1n) is 9.08. The minimum absolute atomic E-state index is 0.00792. The molecule has 7 nitrogen and oxygen atoms in total. The highest BCUT2D eigenvalue weighted by atomic mass is 16.6. The van der Waals surface area contributed by atoms with Crippen molar-refractivity contribution in [3.63, 3.8) is 0 Å². The van der Waals surface area contributed by atoms with Gasteiger partial charge >= 0.3 is 0 Å². The molecular weight excluding hydrogens is 376 g/mol. The lowest BCUT2D eigenvalue weighted by atomic mass is 10.0. The molecule has 0 aliphatic carbocycles. The fourth-order valence-corrected chi connectivity index (χ4v) is 2.78. The zero-order valence-electron chi connectivity index (χ0n) is 17.1. The van der Waals surface area contributed by atoms with Crippen LogP contribution in [0.3, 0.4) is 0 Å². The molecule has 0 saturated heterocycles. The molecule has 0 aliphatic heterocycles. The third-order valence-corrected chi connectivity index (χ3v) is 4.27. The van der Waals surface area contributed by atoms with Crippen LogP contribution in [0.1, 0.15) is 17.2 Å². The van der Waals surface area contributed by atoms with Gasteiger partial charge in [0.2, 0.25) is 0 Å². The maximum Gasteiger partial charge on any atom is 0.161 e. The Morgan fingerprint density at radius 2 is 1.66 bits per heavy atom. The largest absolute Gasteiger partial charge is 0.504 e. The van der Waals surface area contributed by atoms with Crippen LogP contribution in [0.25, 0.3) is 6.08 Å². The van der Waals surface area contributed by atoms with Gasteiger partial charge < -0.3 is 33.9 Å². The van der Waals surface area contributed by atoms with E-state index in [1.165, 1.54) is 20.3 Å². The summed E-state index contributed by atoms with van der Waals surface area (Å²) < 4.78 is 26.8. The number of aliphatic hydroxyl groups is 1. The second kappa shape index (κ2) is 11.3. The lowest BCUT2D eigenvalue weighted by Gasteiger charge is -2.25. The van der Waals surface area contributed by atoms with Gasteiger partial charge in [0.1, 0.15) is 6.10 Å². The monoisotopic (exact) mass is 404 g/mol. The van der Waals surface area contributed by atoms with Crippen LogP contribution in [-0.2, 0) is 9.47 Å². The lowest BCUT2D eigenvalue weighted by molar-refractivity contribution is -0.0133. The molecule has 0 radical (unpaired) electrons. The summed E-state index contributed by atoms with van der Waals surface area (Å²) >= 11 is 0. The van der Waals surface area contributed by atoms with E-state index >= 15 is 0 Å². The van der Waals surface area contributed by atoms with Gasteiger partial charge in [-0.25, -0.2) is 0 Å². The highest BCUT2D eigenvalue weighted by Gasteiger charge is 2.25. The number of benzene rings is 2. The van der Waals surface area contributed by atoms with E-state index in [0.29, 0.717) is 23.7 Å². The Bertz CT molecular complexity index is 804. The van der Waals surface area contributed by atoms with Gasteiger partial charge in [-0.15, -0.1) is 0 Å². The second-order valence-electron chi connectivity index (χ2n) is 6.26. The molecule has 0 bridgehead atoms. The Morgan fingerprint density at radius 3 is 2.31 bits per heavy atom. The lowest BCUT2D eigenvalue weighted by Crippen LogP contribution is -2.30. The first-order valence-corrected chi connectivity index (χ1v) is 9.08. The number of rotatable bonds is 11. The molecule has 0 aromatic heterocycles. The molecule has 0 saturated carbocycles. The zero-order chi connectivity index (χ0) is 21.2. The third-order valence-electron chi connectivity index (χ3n) is 4.27. The molecular formula is C22H28O7. The van der Waals surface area contributed by atoms with E-state index in [1.54, 1.807) is 32.4 Å². The van der Waals surface area contributed by atoms with Crippen LogP contribution >= 0.6 is 0 Å². The van der Waals surface area contributed by atoms with Gasteiger partial charge in [0.15, 0.2) is 29.1 Å². The van der Waals surface area contributed by atoms with Crippen LogP contribution in [-0.4, -0.2) is 58.0 Å². The molecule has 0 aliphatic rings.